The average Bonchev–Trinajstić information content (AvgIpc) is 2.55. The lowest BCUT2D eigenvalue weighted by atomic mass is 10.4. The molecule has 0 saturated carbocycles. The predicted octanol–water partition coefficient (Wildman–Crippen LogP) is 5.81. The molecule has 13 heteroatoms. The van der Waals surface area contributed by atoms with Gasteiger partial charge in [-0.1, -0.05) is 6.58 Å². The van der Waals surface area contributed by atoms with E-state index in [-0.39, 0.29) is 12.2 Å². The number of carbonyl (C=O) groups excluding carboxylic acids is 2. The van der Waals surface area contributed by atoms with Crippen LogP contribution in [0.1, 0.15) is 33.6 Å². The van der Waals surface area contributed by atoms with Crippen LogP contribution in [0.2, 0.25) is 65.0 Å². The van der Waals surface area contributed by atoms with E-state index in [0.717, 1.165) is 6.42 Å². The maximum atomic E-state index is 12.1. The Labute approximate surface area is 217 Å². The van der Waals surface area contributed by atoms with Gasteiger partial charge in [0.25, 0.3) is 0 Å². The van der Waals surface area contributed by atoms with Crippen LogP contribution in [0, 0.1) is 0 Å². The average molecular weight is 568 g/mol. The first kappa shape index (κ1) is 34.2. The lowest BCUT2D eigenvalue weighted by Crippen LogP contribution is -2.60. The van der Waals surface area contributed by atoms with Crippen LogP contribution >= 0.6 is 0 Å². The van der Waals surface area contributed by atoms with Crippen LogP contribution in [-0.4, -0.2) is 64.9 Å². The van der Waals surface area contributed by atoms with Crippen molar-refractivity contribution in [1.82, 2.24) is 5.32 Å². The van der Waals surface area contributed by atoms with E-state index in [0.29, 0.717) is 12.5 Å². The number of unbranched alkanes of at least 4 members (excludes halogenated alkanes) is 1. The second kappa shape index (κ2) is 14.2. The fourth-order valence-corrected chi connectivity index (χ4v) is 17.8. The van der Waals surface area contributed by atoms with E-state index in [1.807, 2.05) is 0 Å². The number of hydrogen-bond donors (Lipinski definition) is 1. The van der Waals surface area contributed by atoms with Crippen LogP contribution in [0.3, 0.4) is 0 Å². The Morgan fingerprint density at radius 2 is 1.29 bits per heavy atom. The SMILES string of the molecule is C=C(C)C(=O)OC(C)OC(C)NC(=O)OCCCC[Si](O[Si](C)(C)C)(O[Si](C)(C)C)O[Si](C)(C)C. The lowest BCUT2D eigenvalue weighted by molar-refractivity contribution is -0.180. The van der Waals surface area contributed by atoms with Crippen molar-refractivity contribution in [2.75, 3.05) is 6.61 Å². The first-order valence-corrected chi connectivity index (χ1v) is 24.3. The minimum absolute atomic E-state index is 0.246. The van der Waals surface area contributed by atoms with Gasteiger partial charge >= 0.3 is 20.9 Å². The fourth-order valence-electron chi connectivity index (χ4n) is 3.03. The molecule has 9 nitrogen and oxygen atoms in total. The van der Waals surface area contributed by atoms with E-state index in [9.17, 15) is 9.59 Å². The third-order valence-corrected chi connectivity index (χ3v) is 15.9. The van der Waals surface area contributed by atoms with Gasteiger partial charge in [-0.3, -0.25) is 5.32 Å². The Balaban J connectivity index is 4.81. The number of alkyl carbamates (subject to hydrolysis) is 1. The van der Waals surface area contributed by atoms with Gasteiger partial charge in [-0.25, -0.2) is 9.59 Å². The van der Waals surface area contributed by atoms with Crippen molar-refractivity contribution in [2.45, 2.75) is 111 Å². The molecular formula is C22H49NO8Si4. The Morgan fingerprint density at radius 1 is 0.829 bits per heavy atom. The maximum absolute atomic E-state index is 12.1. The molecule has 0 aliphatic rings. The second-order valence-electron chi connectivity index (χ2n) is 11.6. The summed E-state index contributed by atoms with van der Waals surface area (Å²) in [5, 5.41) is 2.57. The number of ether oxygens (including phenoxy) is 3. The molecule has 2 unspecified atom stereocenters. The zero-order valence-corrected chi connectivity index (χ0v) is 28.0. The predicted molar refractivity (Wildman–Crippen MR) is 148 cm³/mol. The van der Waals surface area contributed by atoms with E-state index in [2.05, 4.69) is 70.8 Å². The minimum Gasteiger partial charge on any atom is -0.450 e. The molecule has 206 valence electrons. The first-order chi connectivity index (χ1) is 15.6. The molecule has 0 aromatic heterocycles. The number of hydrogen-bond acceptors (Lipinski definition) is 8. The van der Waals surface area contributed by atoms with Crippen molar-refractivity contribution in [1.29, 1.82) is 0 Å². The van der Waals surface area contributed by atoms with Crippen LogP contribution in [0.15, 0.2) is 12.2 Å². The van der Waals surface area contributed by atoms with Crippen molar-refractivity contribution in [3.63, 3.8) is 0 Å². The lowest BCUT2D eigenvalue weighted by Gasteiger charge is -2.43. The monoisotopic (exact) mass is 567 g/mol. The van der Waals surface area contributed by atoms with E-state index in [4.69, 9.17) is 26.6 Å². The standard InChI is InChI=1S/C22H49NO8Si4/c1-18(2)21(24)28-20(4)27-19(3)23-22(25)26-16-14-15-17-35(29-32(5,6)7,30-33(8,9)10)31-34(11,12)13/h19-20H,1,14-17H2,2-13H3,(H,23,25). The summed E-state index contributed by atoms with van der Waals surface area (Å²) in [5.41, 5.74) is 0.272. The highest BCUT2D eigenvalue weighted by atomic mass is 28.5. The Kier molecular flexibility index (Phi) is 13.9. The molecule has 2 atom stereocenters. The van der Waals surface area contributed by atoms with E-state index in [1.54, 1.807) is 20.8 Å². The number of nitrogens with one attached hydrogen (secondary N) is 1. The zero-order chi connectivity index (χ0) is 27.7. The van der Waals surface area contributed by atoms with Gasteiger partial charge in [0.1, 0.15) is 6.23 Å². The molecule has 1 amide bonds. The van der Waals surface area contributed by atoms with Gasteiger partial charge in [-0.2, -0.15) is 0 Å². The Bertz CT molecular complexity index is 660. The van der Waals surface area contributed by atoms with Gasteiger partial charge in [0.15, 0.2) is 25.0 Å². The largest absolute Gasteiger partial charge is 0.469 e. The number of carbonyl (C=O) groups is 2. The molecular weight excluding hydrogens is 519 g/mol. The number of rotatable bonds is 16. The molecule has 0 fully saturated rings. The molecule has 0 radical (unpaired) electrons. The van der Waals surface area contributed by atoms with Crippen molar-refractivity contribution < 1.29 is 36.1 Å². The molecule has 0 aromatic carbocycles. The summed E-state index contributed by atoms with van der Waals surface area (Å²) in [7, 11) is -8.63. The summed E-state index contributed by atoms with van der Waals surface area (Å²) in [6.07, 6.45) is -0.718. The van der Waals surface area contributed by atoms with E-state index < -0.39 is 58.3 Å². The molecule has 0 aliphatic heterocycles. The molecule has 0 saturated heterocycles. The number of esters is 1. The van der Waals surface area contributed by atoms with Gasteiger partial charge in [0.05, 0.1) is 6.61 Å². The summed E-state index contributed by atoms with van der Waals surface area (Å²) < 4.78 is 35.7. The summed E-state index contributed by atoms with van der Waals surface area (Å²) in [5.74, 6) is -0.554. The van der Waals surface area contributed by atoms with Gasteiger partial charge in [0, 0.05) is 11.6 Å². The fraction of sp³-hybridized carbons (Fsp3) is 0.818. The molecule has 0 spiro atoms. The second-order valence-corrected chi connectivity index (χ2v) is 28.6. The summed E-state index contributed by atoms with van der Waals surface area (Å²) >= 11 is 0. The van der Waals surface area contributed by atoms with E-state index >= 15 is 0 Å². The van der Waals surface area contributed by atoms with Crippen LogP contribution in [0.25, 0.3) is 0 Å². The molecule has 35 heavy (non-hydrogen) atoms. The van der Waals surface area contributed by atoms with Crippen LogP contribution in [-0.2, 0) is 31.4 Å². The summed E-state index contributed by atoms with van der Waals surface area (Å²) in [6, 6.07) is 0.696. The highest BCUT2D eigenvalue weighted by Gasteiger charge is 2.49. The molecule has 0 aliphatic carbocycles. The normalized spacial score (nSPS) is 14.7. The van der Waals surface area contributed by atoms with Crippen LogP contribution in [0.4, 0.5) is 4.79 Å². The van der Waals surface area contributed by atoms with Gasteiger partial charge < -0.3 is 26.6 Å². The van der Waals surface area contributed by atoms with E-state index in [1.165, 1.54) is 0 Å². The van der Waals surface area contributed by atoms with Crippen LogP contribution < -0.4 is 5.32 Å². The third kappa shape index (κ3) is 18.1. The highest BCUT2D eigenvalue weighted by Crippen LogP contribution is 2.30. The molecule has 0 rings (SSSR count). The van der Waals surface area contributed by atoms with Gasteiger partial charge in [0.2, 0.25) is 6.29 Å². The smallest absolute Gasteiger partial charge is 0.450 e. The Hall–Kier alpha value is -0.812. The van der Waals surface area contributed by atoms with Gasteiger partial charge in [-0.15, -0.1) is 0 Å². The third-order valence-electron chi connectivity index (χ3n) is 3.83. The Morgan fingerprint density at radius 3 is 1.69 bits per heavy atom. The van der Waals surface area contributed by atoms with Crippen molar-refractivity contribution in [3.8, 4) is 0 Å². The summed E-state index contributed by atoms with van der Waals surface area (Å²) in [4.78, 5) is 23.6. The summed E-state index contributed by atoms with van der Waals surface area (Å²) in [6.45, 7) is 27.9. The first-order valence-electron chi connectivity index (χ1n) is 12.2. The van der Waals surface area contributed by atoms with Crippen molar-refractivity contribution in [2.24, 2.45) is 0 Å². The molecule has 0 bridgehead atoms. The topological polar surface area (TPSA) is 102 Å². The van der Waals surface area contributed by atoms with Gasteiger partial charge in [-0.05, 0) is 92.5 Å². The van der Waals surface area contributed by atoms with Crippen molar-refractivity contribution in [3.05, 3.63) is 12.2 Å². The molecule has 1 N–H and O–H groups in total. The highest BCUT2D eigenvalue weighted by molar-refractivity contribution is 6.90. The minimum atomic E-state index is -2.88. The molecule has 0 heterocycles. The molecule has 0 aromatic rings. The zero-order valence-electron chi connectivity index (χ0n) is 24.0. The quantitative estimate of drug-likeness (QED) is 0.0819. The number of amides is 1. The maximum Gasteiger partial charge on any atom is 0.469 e. The van der Waals surface area contributed by atoms with Crippen molar-refractivity contribution >= 4 is 45.8 Å². The van der Waals surface area contributed by atoms with Crippen LogP contribution in [0.5, 0.6) is 0 Å².